The first-order valence-corrected chi connectivity index (χ1v) is 7.13. The topological polar surface area (TPSA) is 32.3 Å². The van der Waals surface area contributed by atoms with Crippen LogP contribution in [0.5, 0.6) is 0 Å². The molecule has 0 saturated carbocycles. The van der Waals surface area contributed by atoms with Crippen LogP contribution in [0.25, 0.3) is 0 Å². The summed E-state index contributed by atoms with van der Waals surface area (Å²) in [6.45, 7) is 8.35. The molecule has 96 valence electrons. The highest BCUT2D eigenvalue weighted by molar-refractivity contribution is 7.99. The Bertz CT molecular complexity index is 321. The average Bonchev–Trinajstić information content (AvgIpc) is 2.30. The molecular weight excluding hydrogens is 230 g/mol. The van der Waals surface area contributed by atoms with E-state index in [-0.39, 0.29) is 12.0 Å². The van der Waals surface area contributed by atoms with E-state index >= 15 is 0 Å². The van der Waals surface area contributed by atoms with Gasteiger partial charge in [0.25, 0.3) is 0 Å². The third-order valence-corrected chi connectivity index (χ3v) is 3.70. The van der Waals surface area contributed by atoms with E-state index in [0.717, 1.165) is 12.3 Å². The number of hydrogen-bond donors (Lipinski definition) is 2. The molecule has 0 atom stereocenters. The van der Waals surface area contributed by atoms with Crippen LogP contribution in [0.3, 0.4) is 0 Å². The van der Waals surface area contributed by atoms with Gasteiger partial charge in [-0.3, -0.25) is 0 Å². The van der Waals surface area contributed by atoms with Crippen molar-refractivity contribution in [2.75, 3.05) is 25.4 Å². The quantitative estimate of drug-likeness (QED) is 0.579. The largest absolute Gasteiger partial charge is 0.395 e. The Morgan fingerprint density at radius 2 is 1.88 bits per heavy atom. The summed E-state index contributed by atoms with van der Waals surface area (Å²) < 4.78 is 0. The molecule has 1 aromatic carbocycles. The average molecular weight is 253 g/mol. The zero-order valence-electron chi connectivity index (χ0n) is 11.0. The van der Waals surface area contributed by atoms with E-state index in [2.05, 4.69) is 50.4 Å². The van der Waals surface area contributed by atoms with Crippen molar-refractivity contribution in [2.45, 2.75) is 31.1 Å². The number of aliphatic hydroxyl groups excluding tert-OH is 1. The van der Waals surface area contributed by atoms with Crippen molar-refractivity contribution in [3.05, 3.63) is 29.8 Å². The smallest absolute Gasteiger partial charge is 0.0555 e. The summed E-state index contributed by atoms with van der Waals surface area (Å²) in [5.74, 6) is 1.11. The second-order valence-electron chi connectivity index (χ2n) is 4.74. The Morgan fingerprint density at radius 3 is 2.41 bits per heavy atom. The SMILES string of the molecule is CCSc1ccc(C(C)(C)CNCCO)cc1. The third-order valence-electron chi connectivity index (χ3n) is 2.80. The van der Waals surface area contributed by atoms with Crippen molar-refractivity contribution < 1.29 is 5.11 Å². The molecule has 0 amide bonds. The number of benzene rings is 1. The highest BCUT2D eigenvalue weighted by atomic mass is 32.2. The minimum absolute atomic E-state index is 0.102. The lowest BCUT2D eigenvalue weighted by atomic mass is 9.84. The van der Waals surface area contributed by atoms with E-state index in [0.29, 0.717) is 6.54 Å². The second kappa shape index (κ2) is 7.04. The molecule has 0 aromatic heterocycles. The second-order valence-corrected chi connectivity index (χ2v) is 6.08. The van der Waals surface area contributed by atoms with E-state index in [9.17, 15) is 0 Å². The van der Waals surface area contributed by atoms with Gasteiger partial charge in [-0.1, -0.05) is 32.9 Å². The number of hydrogen-bond acceptors (Lipinski definition) is 3. The highest BCUT2D eigenvalue weighted by Crippen LogP contribution is 2.25. The summed E-state index contributed by atoms with van der Waals surface area (Å²) in [4.78, 5) is 1.33. The first-order valence-electron chi connectivity index (χ1n) is 6.15. The number of rotatable bonds is 7. The molecule has 0 unspecified atom stereocenters. The normalized spacial score (nSPS) is 11.8. The van der Waals surface area contributed by atoms with E-state index in [1.54, 1.807) is 0 Å². The van der Waals surface area contributed by atoms with Crippen LogP contribution in [-0.2, 0) is 5.41 Å². The summed E-state index contributed by atoms with van der Waals surface area (Å²) >= 11 is 1.87. The van der Waals surface area contributed by atoms with Gasteiger partial charge in [0.15, 0.2) is 0 Å². The van der Waals surface area contributed by atoms with Gasteiger partial charge in [0.05, 0.1) is 6.61 Å². The first-order chi connectivity index (χ1) is 8.10. The lowest BCUT2D eigenvalue weighted by Gasteiger charge is -2.26. The van der Waals surface area contributed by atoms with Gasteiger partial charge in [0.2, 0.25) is 0 Å². The molecule has 2 N–H and O–H groups in total. The van der Waals surface area contributed by atoms with Crippen molar-refractivity contribution in [2.24, 2.45) is 0 Å². The third kappa shape index (κ3) is 4.70. The maximum Gasteiger partial charge on any atom is 0.0555 e. The molecule has 1 aromatic rings. The zero-order valence-corrected chi connectivity index (χ0v) is 11.8. The standard InChI is InChI=1S/C14H23NOS/c1-4-17-13-7-5-12(6-8-13)14(2,3)11-15-9-10-16/h5-8,15-16H,4,9-11H2,1-3H3. The van der Waals surface area contributed by atoms with Crippen LogP contribution in [-0.4, -0.2) is 30.6 Å². The maximum atomic E-state index is 8.76. The summed E-state index contributed by atoms with van der Waals surface area (Å²) in [5.41, 5.74) is 1.44. The van der Waals surface area contributed by atoms with Gasteiger partial charge >= 0.3 is 0 Å². The Kier molecular flexibility index (Phi) is 6.03. The Morgan fingerprint density at radius 1 is 1.24 bits per heavy atom. The molecule has 0 heterocycles. The van der Waals surface area contributed by atoms with Crippen molar-refractivity contribution in [1.29, 1.82) is 0 Å². The maximum absolute atomic E-state index is 8.76. The van der Waals surface area contributed by atoms with Crippen molar-refractivity contribution >= 4 is 11.8 Å². The van der Waals surface area contributed by atoms with E-state index in [1.807, 2.05) is 11.8 Å². The van der Waals surface area contributed by atoms with E-state index in [1.165, 1.54) is 10.5 Å². The molecule has 0 radical (unpaired) electrons. The predicted octanol–water partition coefficient (Wildman–Crippen LogP) is 2.66. The number of thioether (sulfide) groups is 1. The number of aliphatic hydroxyl groups is 1. The molecule has 17 heavy (non-hydrogen) atoms. The van der Waals surface area contributed by atoms with Gasteiger partial charge in [-0.25, -0.2) is 0 Å². The van der Waals surface area contributed by atoms with Crippen LogP contribution in [0, 0.1) is 0 Å². The molecular formula is C14H23NOS. The van der Waals surface area contributed by atoms with Crippen LogP contribution in [0.4, 0.5) is 0 Å². The molecule has 1 rings (SSSR count). The summed E-state index contributed by atoms with van der Waals surface area (Å²) in [5, 5.41) is 12.0. The fourth-order valence-corrected chi connectivity index (χ4v) is 2.41. The van der Waals surface area contributed by atoms with Crippen molar-refractivity contribution in [3.8, 4) is 0 Å². The molecule has 0 saturated heterocycles. The zero-order chi connectivity index (χ0) is 12.7. The van der Waals surface area contributed by atoms with Gasteiger partial charge < -0.3 is 10.4 Å². The van der Waals surface area contributed by atoms with Gasteiger partial charge in [0.1, 0.15) is 0 Å². The van der Waals surface area contributed by atoms with Crippen LogP contribution in [0.1, 0.15) is 26.3 Å². The number of nitrogens with one attached hydrogen (secondary N) is 1. The molecule has 0 bridgehead atoms. The van der Waals surface area contributed by atoms with Gasteiger partial charge in [-0.15, -0.1) is 11.8 Å². The summed E-state index contributed by atoms with van der Waals surface area (Å²) in [6.07, 6.45) is 0. The molecule has 0 aliphatic carbocycles. The highest BCUT2D eigenvalue weighted by Gasteiger charge is 2.19. The molecule has 2 nitrogen and oxygen atoms in total. The Balaban J connectivity index is 2.63. The van der Waals surface area contributed by atoms with E-state index < -0.39 is 0 Å². The molecule has 3 heteroatoms. The van der Waals surface area contributed by atoms with Gasteiger partial charge in [-0.2, -0.15) is 0 Å². The summed E-state index contributed by atoms with van der Waals surface area (Å²) in [6, 6.07) is 8.80. The van der Waals surface area contributed by atoms with Gasteiger partial charge in [0, 0.05) is 23.4 Å². The monoisotopic (exact) mass is 253 g/mol. The molecule has 0 fully saturated rings. The predicted molar refractivity (Wildman–Crippen MR) is 75.8 cm³/mol. The minimum atomic E-state index is 0.102. The molecule has 0 aliphatic heterocycles. The van der Waals surface area contributed by atoms with Crippen LogP contribution < -0.4 is 5.32 Å². The molecule has 0 aliphatic rings. The lowest BCUT2D eigenvalue weighted by molar-refractivity contribution is 0.286. The Hall–Kier alpha value is -0.510. The molecule has 0 spiro atoms. The Labute approximate surface area is 109 Å². The van der Waals surface area contributed by atoms with Gasteiger partial charge in [-0.05, 0) is 23.4 Å². The first kappa shape index (κ1) is 14.6. The van der Waals surface area contributed by atoms with Crippen molar-refractivity contribution in [3.63, 3.8) is 0 Å². The van der Waals surface area contributed by atoms with E-state index in [4.69, 9.17) is 5.11 Å². The van der Waals surface area contributed by atoms with Crippen LogP contribution in [0.2, 0.25) is 0 Å². The van der Waals surface area contributed by atoms with Crippen LogP contribution >= 0.6 is 11.8 Å². The lowest BCUT2D eigenvalue weighted by Crippen LogP contribution is -2.34. The fourth-order valence-electron chi connectivity index (χ4n) is 1.75. The van der Waals surface area contributed by atoms with Crippen LogP contribution in [0.15, 0.2) is 29.2 Å². The van der Waals surface area contributed by atoms with Crippen molar-refractivity contribution in [1.82, 2.24) is 5.32 Å². The summed E-state index contributed by atoms with van der Waals surface area (Å²) in [7, 11) is 0. The fraction of sp³-hybridized carbons (Fsp3) is 0.571. The minimum Gasteiger partial charge on any atom is -0.395 e.